The van der Waals surface area contributed by atoms with Crippen molar-refractivity contribution in [3.63, 3.8) is 0 Å². The fourth-order valence-corrected chi connectivity index (χ4v) is 4.40. The minimum Gasteiger partial charge on any atom is -0.394 e. The lowest BCUT2D eigenvalue weighted by Gasteiger charge is -2.48. The van der Waals surface area contributed by atoms with E-state index in [0.717, 1.165) is 0 Å². The van der Waals surface area contributed by atoms with Crippen LogP contribution >= 0.6 is 0 Å². The molecule has 3 aliphatic rings. The Kier molecular flexibility index (Phi) is 8.99. The summed E-state index contributed by atoms with van der Waals surface area (Å²) in [4.78, 5) is 0. The van der Waals surface area contributed by atoms with Crippen molar-refractivity contribution in [1.29, 1.82) is 0 Å². The molecular formula is C18H36N4O11. The highest BCUT2D eigenvalue weighted by Crippen LogP contribution is 2.31. The summed E-state index contributed by atoms with van der Waals surface area (Å²) in [5.74, 6) is 0. The van der Waals surface area contributed by atoms with Gasteiger partial charge in [0.05, 0.1) is 12.6 Å². The van der Waals surface area contributed by atoms with E-state index in [1.807, 2.05) is 0 Å². The summed E-state index contributed by atoms with van der Waals surface area (Å²) < 4.78 is 22.2. The molecule has 3 rings (SSSR count). The van der Waals surface area contributed by atoms with Gasteiger partial charge in [0.1, 0.15) is 61.0 Å². The topological polar surface area (TPSA) is 283 Å². The zero-order valence-corrected chi connectivity index (χ0v) is 17.9. The van der Waals surface area contributed by atoms with Gasteiger partial charge in [0.2, 0.25) is 0 Å². The number of rotatable bonds is 6. The Morgan fingerprint density at radius 1 is 0.667 bits per heavy atom. The van der Waals surface area contributed by atoms with E-state index >= 15 is 0 Å². The molecule has 2 saturated heterocycles. The van der Waals surface area contributed by atoms with E-state index in [1.54, 1.807) is 0 Å². The second-order valence-electron chi connectivity index (χ2n) is 8.79. The lowest BCUT2D eigenvalue weighted by Crippen LogP contribution is -2.68. The van der Waals surface area contributed by atoms with Crippen LogP contribution in [-0.2, 0) is 18.9 Å². The monoisotopic (exact) mass is 484 g/mol. The van der Waals surface area contributed by atoms with Crippen LogP contribution in [0.4, 0.5) is 0 Å². The standard InChI is InChI=1S/C18H36N4O11/c19-2-6-10(25)12(27)13(28)18(30-6)33-16-5(21)1-4(20)15(14(16)29)32-17-11(26)8(22)9(24)7(3-23)31-17/h4-18,23-29H,1-3,19-22H2/t4-,5?,6?,7-,8?,9-,10-,11-,12?,13+,14?,15-,16-,17?,18-/m0/s1. The van der Waals surface area contributed by atoms with E-state index in [-0.39, 0.29) is 13.0 Å². The summed E-state index contributed by atoms with van der Waals surface area (Å²) in [7, 11) is 0. The van der Waals surface area contributed by atoms with Crippen LogP contribution < -0.4 is 22.9 Å². The van der Waals surface area contributed by atoms with Gasteiger partial charge in [-0.05, 0) is 6.42 Å². The summed E-state index contributed by atoms with van der Waals surface area (Å²) in [5.41, 5.74) is 23.5. The van der Waals surface area contributed by atoms with Gasteiger partial charge < -0.3 is 77.6 Å². The molecule has 2 aliphatic heterocycles. The minimum atomic E-state index is -1.66. The van der Waals surface area contributed by atoms with Gasteiger partial charge in [-0.25, -0.2) is 0 Å². The molecule has 15 N–H and O–H groups in total. The molecule has 0 aromatic carbocycles. The number of hydrogen-bond donors (Lipinski definition) is 11. The summed E-state index contributed by atoms with van der Waals surface area (Å²) in [6.07, 6.45) is -16.5. The Morgan fingerprint density at radius 2 is 1.18 bits per heavy atom. The van der Waals surface area contributed by atoms with Crippen molar-refractivity contribution in [1.82, 2.24) is 0 Å². The van der Waals surface area contributed by atoms with Crippen molar-refractivity contribution in [3.8, 4) is 0 Å². The molecule has 0 bridgehead atoms. The molecule has 194 valence electrons. The molecule has 15 nitrogen and oxygen atoms in total. The fourth-order valence-electron chi connectivity index (χ4n) is 4.40. The highest BCUT2D eigenvalue weighted by atomic mass is 16.7. The van der Waals surface area contributed by atoms with E-state index in [0.29, 0.717) is 0 Å². The molecule has 0 amide bonds. The highest BCUT2D eigenvalue weighted by Gasteiger charge is 2.51. The molecule has 15 heteroatoms. The Labute approximate surface area is 189 Å². The van der Waals surface area contributed by atoms with Crippen LogP contribution in [0.2, 0.25) is 0 Å². The maximum Gasteiger partial charge on any atom is 0.187 e. The van der Waals surface area contributed by atoms with Crippen molar-refractivity contribution in [2.75, 3.05) is 13.2 Å². The largest absolute Gasteiger partial charge is 0.394 e. The van der Waals surface area contributed by atoms with Crippen LogP contribution in [-0.4, -0.2) is 141 Å². The predicted octanol–water partition coefficient (Wildman–Crippen LogP) is -7.29. The van der Waals surface area contributed by atoms with Gasteiger partial charge in [0.15, 0.2) is 12.6 Å². The summed E-state index contributed by atoms with van der Waals surface area (Å²) in [6.45, 7) is -0.763. The molecule has 0 spiro atoms. The second kappa shape index (κ2) is 11.0. The SMILES string of the molecule is NCC1O[C@@H](O[C@H]2C(N)C[C@H](N)[C@H](OC3O[C@@H](CO)[C@H](O)C(N)[C@@H]3O)C2O)[C@H](O)C(O)[C@H]1O. The van der Waals surface area contributed by atoms with E-state index in [1.165, 1.54) is 0 Å². The van der Waals surface area contributed by atoms with Gasteiger partial charge in [-0.3, -0.25) is 0 Å². The molecule has 33 heavy (non-hydrogen) atoms. The first kappa shape index (κ1) is 27.0. The summed E-state index contributed by atoms with van der Waals surface area (Å²) >= 11 is 0. The minimum absolute atomic E-state index is 0.0849. The maximum absolute atomic E-state index is 10.9. The van der Waals surface area contributed by atoms with Crippen LogP contribution in [0.5, 0.6) is 0 Å². The predicted molar refractivity (Wildman–Crippen MR) is 108 cm³/mol. The van der Waals surface area contributed by atoms with E-state index in [9.17, 15) is 35.7 Å². The quantitative estimate of drug-likeness (QED) is 0.167. The zero-order valence-electron chi connectivity index (χ0n) is 17.9. The Hall–Kier alpha value is -0.600. The smallest absolute Gasteiger partial charge is 0.187 e. The number of hydrogen-bond acceptors (Lipinski definition) is 15. The average Bonchev–Trinajstić information content (AvgIpc) is 2.79. The van der Waals surface area contributed by atoms with Crippen molar-refractivity contribution >= 4 is 0 Å². The molecular weight excluding hydrogens is 448 g/mol. The van der Waals surface area contributed by atoms with Crippen molar-refractivity contribution < 1.29 is 54.7 Å². The summed E-state index contributed by atoms with van der Waals surface area (Å²) in [5, 5.41) is 70.9. The van der Waals surface area contributed by atoms with E-state index < -0.39 is 98.4 Å². The molecule has 0 radical (unpaired) electrons. The molecule has 1 aliphatic carbocycles. The first-order valence-corrected chi connectivity index (χ1v) is 10.8. The van der Waals surface area contributed by atoms with Gasteiger partial charge in [-0.2, -0.15) is 0 Å². The van der Waals surface area contributed by atoms with Gasteiger partial charge >= 0.3 is 0 Å². The number of aliphatic hydroxyl groups excluding tert-OH is 7. The third kappa shape index (κ3) is 5.32. The van der Waals surface area contributed by atoms with Gasteiger partial charge in [0, 0.05) is 18.6 Å². The van der Waals surface area contributed by atoms with Crippen LogP contribution in [0.3, 0.4) is 0 Å². The number of nitrogens with two attached hydrogens (primary N) is 4. The van der Waals surface area contributed by atoms with E-state index in [4.69, 9.17) is 41.9 Å². The zero-order chi connectivity index (χ0) is 24.6. The van der Waals surface area contributed by atoms with Gasteiger partial charge in [-0.1, -0.05) is 0 Å². The molecule has 0 aromatic heterocycles. The molecule has 2 heterocycles. The first-order chi connectivity index (χ1) is 15.5. The summed E-state index contributed by atoms with van der Waals surface area (Å²) in [6, 6.07) is -2.86. The van der Waals surface area contributed by atoms with Gasteiger partial charge in [-0.15, -0.1) is 0 Å². The first-order valence-electron chi connectivity index (χ1n) is 10.8. The average molecular weight is 485 g/mol. The molecule has 6 unspecified atom stereocenters. The normalized spacial score (nSPS) is 53.7. The Morgan fingerprint density at radius 3 is 1.70 bits per heavy atom. The molecule has 1 saturated carbocycles. The van der Waals surface area contributed by atoms with Crippen molar-refractivity contribution in [3.05, 3.63) is 0 Å². The highest BCUT2D eigenvalue weighted by molar-refractivity contribution is 5.01. The number of ether oxygens (including phenoxy) is 4. The second-order valence-corrected chi connectivity index (χ2v) is 8.79. The Balaban J connectivity index is 1.72. The lowest BCUT2D eigenvalue weighted by molar-refractivity contribution is -0.332. The lowest BCUT2D eigenvalue weighted by atomic mass is 9.84. The molecule has 15 atom stereocenters. The van der Waals surface area contributed by atoms with Crippen LogP contribution in [0, 0.1) is 0 Å². The maximum atomic E-state index is 10.9. The van der Waals surface area contributed by atoms with Crippen molar-refractivity contribution in [2.24, 2.45) is 22.9 Å². The van der Waals surface area contributed by atoms with Crippen LogP contribution in [0.15, 0.2) is 0 Å². The van der Waals surface area contributed by atoms with E-state index in [2.05, 4.69) is 0 Å². The molecule has 3 fully saturated rings. The van der Waals surface area contributed by atoms with Crippen LogP contribution in [0.25, 0.3) is 0 Å². The fraction of sp³-hybridized carbons (Fsp3) is 1.00. The molecule has 0 aromatic rings. The third-order valence-electron chi connectivity index (χ3n) is 6.48. The third-order valence-corrected chi connectivity index (χ3v) is 6.48. The van der Waals surface area contributed by atoms with Gasteiger partial charge in [0.25, 0.3) is 0 Å². The Bertz CT molecular complexity index is 584. The van der Waals surface area contributed by atoms with Crippen LogP contribution in [0.1, 0.15) is 6.42 Å². The van der Waals surface area contributed by atoms with Crippen molar-refractivity contribution in [2.45, 2.75) is 98.2 Å². The number of aliphatic hydroxyl groups is 7.